The van der Waals surface area contributed by atoms with E-state index in [4.69, 9.17) is 4.74 Å². The first-order chi connectivity index (χ1) is 15.1. The van der Waals surface area contributed by atoms with E-state index in [2.05, 4.69) is 37.5 Å². The van der Waals surface area contributed by atoms with Gasteiger partial charge in [-0.25, -0.2) is 4.99 Å². The first-order valence-electron chi connectivity index (χ1n) is 10.1. The van der Waals surface area contributed by atoms with Crippen molar-refractivity contribution in [2.24, 2.45) is 16.0 Å². The number of ether oxygens (including phenoxy) is 1. The summed E-state index contributed by atoms with van der Waals surface area (Å²) in [5.74, 6) is 0.471. The number of nitrogens with zero attached hydrogens (tertiary/aromatic N) is 2. The van der Waals surface area contributed by atoms with E-state index in [0.717, 1.165) is 38.4 Å². The summed E-state index contributed by atoms with van der Waals surface area (Å²) in [6.07, 6.45) is 6.53. The second kappa shape index (κ2) is 8.12. The lowest BCUT2D eigenvalue weighted by Gasteiger charge is -2.27. The lowest BCUT2D eigenvalue weighted by atomic mass is 9.79. The van der Waals surface area contributed by atoms with E-state index >= 15 is 0 Å². The van der Waals surface area contributed by atoms with Gasteiger partial charge in [-0.2, -0.15) is 5.10 Å². The van der Waals surface area contributed by atoms with Crippen molar-refractivity contribution in [3.63, 3.8) is 0 Å². The van der Waals surface area contributed by atoms with Gasteiger partial charge in [0.2, 0.25) is 0 Å². The van der Waals surface area contributed by atoms with Crippen molar-refractivity contribution in [1.29, 1.82) is 0 Å². The Morgan fingerprint density at radius 1 is 1.06 bits per heavy atom. The van der Waals surface area contributed by atoms with Crippen LogP contribution in [0, 0.1) is 5.92 Å². The summed E-state index contributed by atoms with van der Waals surface area (Å²) < 4.78 is 6.23. The fraction of sp³-hybridized carbons (Fsp3) is 0.160. The number of fused-ring (bicyclic) bond motifs is 1. The molecular formula is C25H20BrN3O2. The van der Waals surface area contributed by atoms with Crippen LogP contribution in [0.15, 0.2) is 93.0 Å². The van der Waals surface area contributed by atoms with Gasteiger partial charge in [-0.1, -0.05) is 64.5 Å². The first kappa shape index (κ1) is 19.7. The number of halogens is 1. The van der Waals surface area contributed by atoms with E-state index in [1.807, 2.05) is 66.7 Å². The summed E-state index contributed by atoms with van der Waals surface area (Å²) in [5.41, 5.74) is 8.35. The molecule has 5 rings (SSSR count). The quantitative estimate of drug-likeness (QED) is 0.680. The zero-order chi connectivity index (χ0) is 21.4. The molecule has 2 atom stereocenters. The van der Waals surface area contributed by atoms with E-state index < -0.39 is 0 Å². The third-order valence-electron chi connectivity index (χ3n) is 5.73. The van der Waals surface area contributed by atoms with Crippen molar-refractivity contribution in [2.45, 2.75) is 12.5 Å². The van der Waals surface area contributed by atoms with Gasteiger partial charge in [0, 0.05) is 16.8 Å². The molecule has 0 saturated heterocycles. The number of nitrogens with one attached hydrogen (secondary N) is 1. The number of hydrogen-bond acceptors (Lipinski definition) is 4. The van der Waals surface area contributed by atoms with Crippen molar-refractivity contribution < 1.29 is 9.53 Å². The highest BCUT2D eigenvalue weighted by Gasteiger charge is 2.36. The smallest absolute Gasteiger partial charge is 0.279 e. The Morgan fingerprint density at radius 3 is 2.58 bits per heavy atom. The number of hydrogen-bond donors (Lipinski definition) is 1. The van der Waals surface area contributed by atoms with Gasteiger partial charge in [0.25, 0.3) is 5.91 Å². The molecule has 2 heterocycles. The molecular weight excluding hydrogens is 454 g/mol. The zero-order valence-electron chi connectivity index (χ0n) is 16.9. The second-order valence-corrected chi connectivity index (χ2v) is 8.49. The van der Waals surface area contributed by atoms with Gasteiger partial charge in [0.05, 0.1) is 30.1 Å². The highest BCUT2D eigenvalue weighted by molar-refractivity contribution is 9.11. The molecule has 3 aliphatic rings. The highest BCUT2D eigenvalue weighted by atomic mass is 79.9. The van der Waals surface area contributed by atoms with Gasteiger partial charge in [0.15, 0.2) is 0 Å². The molecule has 2 unspecified atom stereocenters. The molecule has 0 fully saturated rings. The van der Waals surface area contributed by atoms with Crippen molar-refractivity contribution in [1.82, 2.24) is 5.43 Å². The van der Waals surface area contributed by atoms with E-state index in [0.29, 0.717) is 12.0 Å². The molecule has 1 aliphatic carbocycles. The second-order valence-electron chi connectivity index (χ2n) is 7.58. The van der Waals surface area contributed by atoms with Gasteiger partial charge in [-0.15, -0.1) is 0 Å². The molecule has 0 radical (unpaired) electrons. The summed E-state index contributed by atoms with van der Waals surface area (Å²) >= 11 is 3.58. The zero-order valence-corrected chi connectivity index (χ0v) is 18.5. The number of carbonyl (C=O) groups is 1. The van der Waals surface area contributed by atoms with Crippen molar-refractivity contribution in [2.75, 3.05) is 7.11 Å². The largest absolute Gasteiger partial charge is 0.497 e. The summed E-state index contributed by atoms with van der Waals surface area (Å²) in [7, 11) is 1.65. The molecule has 6 heteroatoms. The van der Waals surface area contributed by atoms with E-state index in [9.17, 15) is 4.79 Å². The summed E-state index contributed by atoms with van der Waals surface area (Å²) in [5, 5.41) is 4.58. The van der Waals surface area contributed by atoms with Gasteiger partial charge in [-0.05, 0) is 41.0 Å². The molecule has 2 aromatic rings. The molecule has 1 N–H and O–H groups in total. The fourth-order valence-electron chi connectivity index (χ4n) is 4.20. The van der Waals surface area contributed by atoms with E-state index in [1.54, 1.807) is 7.11 Å². The molecule has 31 heavy (non-hydrogen) atoms. The minimum Gasteiger partial charge on any atom is -0.497 e. The van der Waals surface area contributed by atoms with Gasteiger partial charge < -0.3 is 10.2 Å². The number of methoxy groups -OCH3 is 1. The predicted molar refractivity (Wildman–Crippen MR) is 126 cm³/mol. The number of benzene rings is 2. The average molecular weight is 474 g/mol. The first-order valence-corrected chi connectivity index (χ1v) is 10.9. The molecule has 0 spiro atoms. The maximum atomic E-state index is 13.2. The topological polar surface area (TPSA) is 63.0 Å². The van der Waals surface area contributed by atoms with Crippen LogP contribution in [0.25, 0.3) is 5.57 Å². The molecule has 0 aromatic heterocycles. The van der Waals surface area contributed by atoms with Crippen LogP contribution in [-0.4, -0.2) is 24.4 Å². The summed E-state index contributed by atoms with van der Waals surface area (Å²) in [6.45, 7) is 0. The average Bonchev–Trinajstić information content (AvgIpc) is 3.29. The van der Waals surface area contributed by atoms with Crippen LogP contribution in [0.2, 0.25) is 0 Å². The third kappa shape index (κ3) is 3.68. The molecule has 1 amide bonds. The number of aliphatic imine (C=N–C) groups is 1. The SMILES string of the molecule is COc1ccc(C2CC(C3=C(c4ccccc4)C4C=C(Br)C=CC4=NC3=O)=NN2)cc1. The summed E-state index contributed by atoms with van der Waals surface area (Å²) in [6, 6.07) is 17.9. The Bertz CT molecular complexity index is 1190. The summed E-state index contributed by atoms with van der Waals surface area (Å²) in [4.78, 5) is 17.6. The van der Waals surface area contributed by atoms with Crippen molar-refractivity contribution in [3.8, 4) is 5.75 Å². The van der Waals surface area contributed by atoms with Crippen LogP contribution in [-0.2, 0) is 4.79 Å². The number of dihydropyridines is 1. The third-order valence-corrected chi connectivity index (χ3v) is 6.26. The number of hydrazone groups is 1. The standard InChI is InChI=1S/C25H20BrN3O2/c1-31-18-10-7-15(8-11-18)21-14-22(29-28-21)24-23(16-5-3-2-4-6-16)19-13-17(26)9-12-20(19)27-25(24)30/h2-13,19,21,28H,14H2,1H3. The van der Waals surface area contributed by atoms with Crippen LogP contribution in [0.5, 0.6) is 5.75 Å². The highest BCUT2D eigenvalue weighted by Crippen LogP contribution is 2.39. The van der Waals surface area contributed by atoms with E-state index in [-0.39, 0.29) is 17.9 Å². The normalized spacial score (nSPS) is 22.4. The molecule has 0 bridgehead atoms. The number of rotatable bonds is 4. The fourth-order valence-corrected chi connectivity index (χ4v) is 4.59. The minimum absolute atomic E-state index is 0.00265. The Morgan fingerprint density at radius 2 is 1.84 bits per heavy atom. The van der Waals surface area contributed by atoms with Crippen molar-refractivity contribution in [3.05, 3.63) is 94.0 Å². The lowest BCUT2D eigenvalue weighted by molar-refractivity contribution is -0.113. The molecule has 2 aromatic carbocycles. The number of allylic oxidation sites excluding steroid dienone is 5. The van der Waals surface area contributed by atoms with Crippen LogP contribution in [0.1, 0.15) is 23.6 Å². The van der Waals surface area contributed by atoms with Crippen LogP contribution in [0.4, 0.5) is 0 Å². The van der Waals surface area contributed by atoms with Crippen LogP contribution >= 0.6 is 15.9 Å². The molecule has 154 valence electrons. The molecule has 0 saturated carbocycles. The minimum atomic E-state index is -0.239. The maximum absolute atomic E-state index is 13.2. The Labute approximate surface area is 189 Å². The molecule has 5 nitrogen and oxygen atoms in total. The number of amides is 1. The predicted octanol–water partition coefficient (Wildman–Crippen LogP) is 4.99. The molecule has 2 aliphatic heterocycles. The maximum Gasteiger partial charge on any atom is 0.279 e. The lowest BCUT2D eigenvalue weighted by Crippen LogP contribution is -2.27. The van der Waals surface area contributed by atoms with Crippen LogP contribution in [0.3, 0.4) is 0 Å². The number of carbonyl (C=O) groups excluding carboxylic acids is 1. The monoisotopic (exact) mass is 473 g/mol. The van der Waals surface area contributed by atoms with Gasteiger partial charge >= 0.3 is 0 Å². The van der Waals surface area contributed by atoms with Gasteiger partial charge in [0.1, 0.15) is 5.75 Å². The Balaban J connectivity index is 1.55. The van der Waals surface area contributed by atoms with Crippen molar-refractivity contribution >= 4 is 38.8 Å². The van der Waals surface area contributed by atoms with Crippen LogP contribution < -0.4 is 10.2 Å². The Kier molecular flexibility index (Phi) is 5.16. The van der Waals surface area contributed by atoms with Gasteiger partial charge in [-0.3, -0.25) is 4.79 Å². The van der Waals surface area contributed by atoms with E-state index in [1.165, 1.54) is 0 Å². The Hall–Kier alpha value is -3.25.